The summed E-state index contributed by atoms with van der Waals surface area (Å²) in [7, 11) is 0. The van der Waals surface area contributed by atoms with Crippen LogP contribution in [-0.2, 0) is 14.2 Å². The summed E-state index contributed by atoms with van der Waals surface area (Å²) >= 11 is 0. The molecule has 0 aromatic carbocycles. The van der Waals surface area contributed by atoms with E-state index in [-0.39, 0.29) is 11.7 Å². The van der Waals surface area contributed by atoms with Crippen molar-refractivity contribution in [1.82, 2.24) is 5.32 Å². The standard InChI is InChI=1S/C14H27NO3/c1-12(2)10-16-7-8-17-13-9-14(18-11-13)3-5-15-6-4-14/h12-13,15H,3-11H2,1-2H3. The summed E-state index contributed by atoms with van der Waals surface area (Å²) in [6.07, 6.45) is 3.57. The molecule has 0 aromatic heterocycles. The third-order valence-electron chi connectivity index (χ3n) is 3.72. The molecule has 18 heavy (non-hydrogen) atoms. The maximum atomic E-state index is 5.98. The predicted octanol–water partition coefficient (Wildman–Crippen LogP) is 1.59. The molecule has 1 spiro atoms. The lowest BCUT2D eigenvalue weighted by Gasteiger charge is -2.32. The fourth-order valence-corrected chi connectivity index (χ4v) is 2.73. The van der Waals surface area contributed by atoms with Gasteiger partial charge in [-0.3, -0.25) is 0 Å². The molecule has 1 N–H and O–H groups in total. The first kappa shape index (κ1) is 14.3. The molecule has 4 heteroatoms. The van der Waals surface area contributed by atoms with Gasteiger partial charge < -0.3 is 19.5 Å². The molecule has 2 aliphatic heterocycles. The van der Waals surface area contributed by atoms with Gasteiger partial charge in [0.15, 0.2) is 0 Å². The average Bonchev–Trinajstić information content (AvgIpc) is 2.72. The van der Waals surface area contributed by atoms with Crippen LogP contribution in [0.25, 0.3) is 0 Å². The van der Waals surface area contributed by atoms with Crippen LogP contribution in [0.1, 0.15) is 33.1 Å². The maximum Gasteiger partial charge on any atom is 0.0837 e. The van der Waals surface area contributed by atoms with Crippen molar-refractivity contribution in [3.8, 4) is 0 Å². The second-order valence-electron chi connectivity index (χ2n) is 5.91. The summed E-state index contributed by atoms with van der Waals surface area (Å²) in [5, 5.41) is 3.38. The molecule has 2 aliphatic rings. The lowest BCUT2D eigenvalue weighted by atomic mass is 9.89. The Balaban J connectivity index is 1.58. The summed E-state index contributed by atoms with van der Waals surface area (Å²) in [5.41, 5.74) is 0.106. The predicted molar refractivity (Wildman–Crippen MR) is 70.8 cm³/mol. The van der Waals surface area contributed by atoms with Crippen LogP contribution in [0.3, 0.4) is 0 Å². The Kier molecular flexibility index (Phi) is 5.42. The zero-order chi connectivity index (χ0) is 12.8. The number of rotatable bonds is 6. The molecule has 0 aromatic rings. The quantitative estimate of drug-likeness (QED) is 0.734. The van der Waals surface area contributed by atoms with Crippen molar-refractivity contribution in [2.75, 3.05) is 39.5 Å². The Bertz CT molecular complexity index is 239. The van der Waals surface area contributed by atoms with Crippen molar-refractivity contribution in [2.24, 2.45) is 5.92 Å². The number of piperidine rings is 1. The van der Waals surface area contributed by atoms with E-state index in [1.807, 2.05) is 0 Å². The lowest BCUT2D eigenvalue weighted by Crippen LogP contribution is -2.41. The van der Waals surface area contributed by atoms with Gasteiger partial charge in [0.05, 0.1) is 31.5 Å². The third kappa shape index (κ3) is 4.19. The smallest absolute Gasteiger partial charge is 0.0837 e. The molecule has 2 heterocycles. The van der Waals surface area contributed by atoms with Crippen LogP contribution in [0.2, 0.25) is 0 Å². The molecular formula is C14H27NO3. The zero-order valence-corrected chi connectivity index (χ0v) is 11.7. The highest BCUT2D eigenvalue weighted by Crippen LogP contribution is 2.34. The average molecular weight is 257 g/mol. The molecule has 1 atom stereocenters. The zero-order valence-electron chi connectivity index (χ0n) is 11.7. The summed E-state index contributed by atoms with van der Waals surface area (Å²) in [4.78, 5) is 0. The second kappa shape index (κ2) is 6.85. The molecule has 0 aliphatic carbocycles. The molecule has 2 fully saturated rings. The Morgan fingerprint density at radius 2 is 2.06 bits per heavy atom. The highest BCUT2D eigenvalue weighted by molar-refractivity contribution is 4.93. The molecule has 0 saturated carbocycles. The van der Waals surface area contributed by atoms with Crippen molar-refractivity contribution in [3.63, 3.8) is 0 Å². The monoisotopic (exact) mass is 257 g/mol. The van der Waals surface area contributed by atoms with E-state index in [0.29, 0.717) is 19.1 Å². The van der Waals surface area contributed by atoms with Gasteiger partial charge in [0.25, 0.3) is 0 Å². The van der Waals surface area contributed by atoms with Gasteiger partial charge in [-0.05, 0) is 31.8 Å². The van der Waals surface area contributed by atoms with Crippen LogP contribution in [0, 0.1) is 5.92 Å². The minimum absolute atomic E-state index is 0.106. The highest BCUT2D eigenvalue weighted by atomic mass is 16.6. The molecule has 0 radical (unpaired) electrons. The van der Waals surface area contributed by atoms with Gasteiger partial charge in [-0.15, -0.1) is 0 Å². The molecule has 4 nitrogen and oxygen atoms in total. The first-order chi connectivity index (χ1) is 8.70. The van der Waals surface area contributed by atoms with Crippen LogP contribution in [0.4, 0.5) is 0 Å². The van der Waals surface area contributed by atoms with Crippen LogP contribution in [-0.4, -0.2) is 51.2 Å². The van der Waals surface area contributed by atoms with Crippen LogP contribution in [0.15, 0.2) is 0 Å². The van der Waals surface area contributed by atoms with Crippen LogP contribution in [0.5, 0.6) is 0 Å². The highest BCUT2D eigenvalue weighted by Gasteiger charge is 2.41. The van der Waals surface area contributed by atoms with Crippen LogP contribution < -0.4 is 5.32 Å². The van der Waals surface area contributed by atoms with E-state index < -0.39 is 0 Å². The van der Waals surface area contributed by atoms with Gasteiger partial charge in [0.1, 0.15) is 0 Å². The fraction of sp³-hybridized carbons (Fsp3) is 1.00. The molecular weight excluding hydrogens is 230 g/mol. The summed E-state index contributed by atoms with van der Waals surface area (Å²) < 4.78 is 17.3. The van der Waals surface area contributed by atoms with Gasteiger partial charge in [-0.1, -0.05) is 13.8 Å². The molecule has 1 unspecified atom stereocenters. The van der Waals surface area contributed by atoms with Crippen molar-refractivity contribution in [1.29, 1.82) is 0 Å². The molecule has 2 rings (SSSR count). The Hall–Kier alpha value is -0.160. The first-order valence-electron chi connectivity index (χ1n) is 7.24. The van der Waals surface area contributed by atoms with Crippen molar-refractivity contribution in [2.45, 2.75) is 44.8 Å². The van der Waals surface area contributed by atoms with Gasteiger partial charge in [-0.25, -0.2) is 0 Å². The van der Waals surface area contributed by atoms with E-state index in [1.54, 1.807) is 0 Å². The minimum Gasteiger partial charge on any atom is -0.379 e. The molecule has 2 saturated heterocycles. The summed E-state index contributed by atoms with van der Waals surface area (Å²) in [6, 6.07) is 0. The number of hydrogen-bond donors (Lipinski definition) is 1. The van der Waals surface area contributed by atoms with E-state index in [2.05, 4.69) is 19.2 Å². The lowest BCUT2D eigenvalue weighted by molar-refractivity contribution is -0.0271. The third-order valence-corrected chi connectivity index (χ3v) is 3.72. The normalized spacial score (nSPS) is 27.2. The first-order valence-corrected chi connectivity index (χ1v) is 7.24. The largest absolute Gasteiger partial charge is 0.379 e. The minimum atomic E-state index is 0.106. The Morgan fingerprint density at radius 1 is 1.28 bits per heavy atom. The SMILES string of the molecule is CC(C)COCCOC1COC2(CCNCC2)C1. The second-order valence-corrected chi connectivity index (χ2v) is 5.91. The molecule has 0 amide bonds. The van der Waals surface area contributed by atoms with E-state index in [9.17, 15) is 0 Å². The fourth-order valence-electron chi connectivity index (χ4n) is 2.73. The number of hydrogen-bond acceptors (Lipinski definition) is 4. The summed E-state index contributed by atoms with van der Waals surface area (Å²) in [5.74, 6) is 0.595. The van der Waals surface area contributed by atoms with Gasteiger partial charge in [0.2, 0.25) is 0 Å². The van der Waals surface area contributed by atoms with E-state index in [4.69, 9.17) is 14.2 Å². The van der Waals surface area contributed by atoms with Crippen molar-refractivity contribution >= 4 is 0 Å². The van der Waals surface area contributed by atoms with E-state index in [0.717, 1.165) is 45.6 Å². The van der Waals surface area contributed by atoms with E-state index in [1.165, 1.54) is 0 Å². The van der Waals surface area contributed by atoms with Crippen molar-refractivity contribution < 1.29 is 14.2 Å². The topological polar surface area (TPSA) is 39.7 Å². The van der Waals surface area contributed by atoms with Gasteiger partial charge >= 0.3 is 0 Å². The van der Waals surface area contributed by atoms with Gasteiger partial charge in [-0.2, -0.15) is 0 Å². The van der Waals surface area contributed by atoms with E-state index >= 15 is 0 Å². The Labute approximate surface area is 110 Å². The summed E-state index contributed by atoms with van der Waals surface area (Å²) in [6.45, 7) is 9.43. The number of nitrogens with one attached hydrogen (secondary N) is 1. The van der Waals surface area contributed by atoms with Crippen LogP contribution >= 0.6 is 0 Å². The van der Waals surface area contributed by atoms with Gasteiger partial charge in [0, 0.05) is 13.0 Å². The molecule has 0 bridgehead atoms. The maximum absolute atomic E-state index is 5.98. The Morgan fingerprint density at radius 3 is 2.78 bits per heavy atom. The molecule has 106 valence electrons. The number of ether oxygens (including phenoxy) is 3. The van der Waals surface area contributed by atoms with Crippen molar-refractivity contribution in [3.05, 3.63) is 0 Å².